The number of benzene rings is 1. The SMILES string of the molecule is CCCCCCCCCCCCc1ccc(C(=O)CC(=O)C(F)(F)F)cc1. The molecule has 0 aromatic heterocycles. The van der Waals surface area contributed by atoms with E-state index in [1.807, 2.05) is 0 Å². The van der Waals surface area contributed by atoms with Gasteiger partial charge in [-0.15, -0.1) is 0 Å². The Morgan fingerprint density at radius 1 is 0.778 bits per heavy atom. The lowest BCUT2D eigenvalue weighted by Crippen LogP contribution is -2.25. The molecule has 0 saturated heterocycles. The standard InChI is InChI=1S/C22H31F3O2/c1-2-3-4-5-6-7-8-9-10-11-12-18-13-15-19(16-14-18)20(26)17-21(27)22(23,24)25/h13-16H,2-12,17H2,1H3. The van der Waals surface area contributed by atoms with Crippen LogP contribution < -0.4 is 0 Å². The van der Waals surface area contributed by atoms with Crippen molar-refractivity contribution in [3.8, 4) is 0 Å². The van der Waals surface area contributed by atoms with Gasteiger partial charge in [0.1, 0.15) is 0 Å². The highest BCUT2D eigenvalue weighted by Gasteiger charge is 2.39. The van der Waals surface area contributed by atoms with Gasteiger partial charge in [0, 0.05) is 5.56 Å². The second kappa shape index (κ2) is 12.7. The molecule has 1 aromatic carbocycles. The fourth-order valence-electron chi connectivity index (χ4n) is 3.02. The lowest BCUT2D eigenvalue weighted by Gasteiger charge is -2.06. The van der Waals surface area contributed by atoms with Crippen LogP contribution in [0.1, 0.15) is 93.5 Å². The first-order valence-corrected chi connectivity index (χ1v) is 10.1. The molecule has 0 radical (unpaired) electrons. The normalized spacial score (nSPS) is 11.6. The first-order chi connectivity index (χ1) is 12.8. The molecule has 0 aliphatic heterocycles. The topological polar surface area (TPSA) is 34.1 Å². The number of Topliss-reactive ketones (excluding diaryl/α,β-unsaturated/α-hetero) is 2. The molecule has 0 bridgehead atoms. The zero-order valence-electron chi connectivity index (χ0n) is 16.2. The average molecular weight is 384 g/mol. The van der Waals surface area contributed by atoms with E-state index in [0.717, 1.165) is 24.8 Å². The van der Waals surface area contributed by atoms with Crippen molar-refractivity contribution in [1.29, 1.82) is 0 Å². The van der Waals surface area contributed by atoms with E-state index in [1.165, 1.54) is 63.5 Å². The molecule has 0 fully saturated rings. The predicted octanol–water partition coefficient (Wildman–Crippen LogP) is 6.85. The number of halogens is 3. The molecule has 0 aliphatic rings. The van der Waals surface area contributed by atoms with E-state index in [2.05, 4.69) is 6.92 Å². The zero-order chi connectivity index (χ0) is 20.1. The van der Waals surface area contributed by atoms with Gasteiger partial charge in [0.15, 0.2) is 5.78 Å². The molecule has 0 unspecified atom stereocenters. The van der Waals surface area contributed by atoms with Gasteiger partial charge in [0.25, 0.3) is 0 Å². The van der Waals surface area contributed by atoms with Crippen molar-refractivity contribution in [1.82, 2.24) is 0 Å². The van der Waals surface area contributed by atoms with Gasteiger partial charge in [-0.25, -0.2) is 0 Å². The van der Waals surface area contributed by atoms with E-state index in [9.17, 15) is 22.8 Å². The summed E-state index contributed by atoms with van der Waals surface area (Å²) in [6.07, 6.45) is 7.47. The Hall–Kier alpha value is -1.65. The molecule has 0 saturated carbocycles. The van der Waals surface area contributed by atoms with E-state index in [-0.39, 0.29) is 5.56 Å². The molecule has 5 heteroatoms. The molecule has 1 aromatic rings. The molecule has 0 amide bonds. The number of ketones is 2. The largest absolute Gasteiger partial charge is 0.450 e. The van der Waals surface area contributed by atoms with Crippen molar-refractivity contribution >= 4 is 11.6 Å². The summed E-state index contributed by atoms with van der Waals surface area (Å²) in [5.41, 5.74) is 1.22. The van der Waals surface area contributed by atoms with Gasteiger partial charge in [-0.2, -0.15) is 13.2 Å². The number of unbranched alkanes of at least 4 members (excludes halogenated alkanes) is 9. The minimum atomic E-state index is -4.95. The maximum atomic E-state index is 12.2. The Morgan fingerprint density at radius 2 is 1.26 bits per heavy atom. The number of carbonyl (C=O) groups excluding carboxylic acids is 2. The third-order valence-electron chi connectivity index (χ3n) is 4.73. The quantitative estimate of drug-likeness (QED) is 0.200. The molecule has 27 heavy (non-hydrogen) atoms. The van der Waals surface area contributed by atoms with E-state index in [1.54, 1.807) is 12.1 Å². The van der Waals surface area contributed by atoms with Gasteiger partial charge < -0.3 is 0 Å². The Kier molecular flexibility index (Phi) is 11.0. The number of aryl methyl sites for hydroxylation is 1. The van der Waals surface area contributed by atoms with Gasteiger partial charge in [-0.3, -0.25) is 9.59 Å². The summed E-state index contributed by atoms with van der Waals surface area (Å²) in [6.45, 7) is 2.22. The molecule has 0 N–H and O–H groups in total. The van der Waals surface area contributed by atoms with Crippen molar-refractivity contribution in [2.75, 3.05) is 0 Å². The number of hydrogen-bond donors (Lipinski definition) is 0. The van der Waals surface area contributed by atoms with Gasteiger partial charge >= 0.3 is 6.18 Å². The van der Waals surface area contributed by atoms with Gasteiger partial charge in [-0.05, 0) is 18.4 Å². The Morgan fingerprint density at radius 3 is 1.74 bits per heavy atom. The summed E-state index contributed by atoms with van der Waals surface area (Å²) in [6, 6.07) is 6.55. The molecule has 152 valence electrons. The summed E-state index contributed by atoms with van der Waals surface area (Å²) in [4.78, 5) is 22.6. The second-order valence-electron chi connectivity index (χ2n) is 7.15. The first kappa shape index (κ1) is 23.4. The third kappa shape index (κ3) is 10.3. The van der Waals surface area contributed by atoms with Crippen LogP contribution in [0.15, 0.2) is 24.3 Å². The van der Waals surface area contributed by atoms with Crippen molar-refractivity contribution in [3.05, 3.63) is 35.4 Å². The van der Waals surface area contributed by atoms with Crippen molar-refractivity contribution in [2.45, 2.75) is 90.1 Å². The number of hydrogen-bond acceptors (Lipinski definition) is 2. The zero-order valence-corrected chi connectivity index (χ0v) is 16.2. The minimum Gasteiger partial charge on any atom is -0.294 e. The number of carbonyl (C=O) groups is 2. The molecule has 2 nitrogen and oxygen atoms in total. The summed E-state index contributed by atoms with van der Waals surface area (Å²) >= 11 is 0. The van der Waals surface area contributed by atoms with Crippen LogP contribution in [0.3, 0.4) is 0 Å². The van der Waals surface area contributed by atoms with Crippen LogP contribution in [0, 0.1) is 0 Å². The molecule has 0 atom stereocenters. The van der Waals surface area contributed by atoms with Gasteiger partial charge in [-0.1, -0.05) is 89.0 Å². The fourth-order valence-corrected chi connectivity index (χ4v) is 3.02. The van der Waals surface area contributed by atoms with Crippen molar-refractivity contribution in [2.24, 2.45) is 0 Å². The van der Waals surface area contributed by atoms with E-state index < -0.39 is 24.2 Å². The Labute approximate surface area is 160 Å². The average Bonchev–Trinajstić information content (AvgIpc) is 2.63. The highest BCUT2D eigenvalue weighted by molar-refractivity contribution is 6.09. The Balaban J connectivity index is 2.19. The minimum absolute atomic E-state index is 0.152. The third-order valence-corrected chi connectivity index (χ3v) is 4.73. The van der Waals surface area contributed by atoms with Crippen LogP contribution in [-0.4, -0.2) is 17.7 Å². The lowest BCUT2D eigenvalue weighted by atomic mass is 10.0. The second-order valence-corrected chi connectivity index (χ2v) is 7.15. The highest BCUT2D eigenvalue weighted by atomic mass is 19.4. The monoisotopic (exact) mass is 384 g/mol. The lowest BCUT2D eigenvalue weighted by molar-refractivity contribution is -0.170. The molecule has 1 rings (SSSR count). The van der Waals surface area contributed by atoms with Crippen LogP contribution >= 0.6 is 0 Å². The molecule has 0 heterocycles. The van der Waals surface area contributed by atoms with Crippen LogP contribution in [-0.2, 0) is 11.2 Å². The van der Waals surface area contributed by atoms with Crippen LogP contribution in [0.5, 0.6) is 0 Å². The number of rotatable bonds is 14. The first-order valence-electron chi connectivity index (χ1n) is 10.1. The molecule has 0 aliphatic carbocycles. The fraction of sp³-hybridized carbons (Fsp3) is 0.636. The number of alkyl halides is 3. The van der Waals surface area contributed by atoms with Crippen LogP contribution in [0.4, 0.5) is 13.2 Å². The summed E-state index contributed by atoms with van der Waals surface area (Å²) < 4.78 is 36.6. The van der Waals surface area contributed by atoms with Crippen molar-refractivity contribution in [3.63, 3.8) is 0 Å². The predicted molar refractivity (Wildman–Crippen MR) is 102 cm³/mol. The van der Waals surface area contributed by atoms with E-state index >= 15 is 0 Å². The summed E-state index contributed by atoms with van der Waals surface area (Å²) in [7, 11) is 0. The Bertz CT molecular complexity index is 562. The maximum Gasteiger partial charge on any atom is 0.450 e. The molecular weight excluding hydrogens is 353 g/mol. The molecule has 0 spiro atoms. The van der Waals surface area contributed by atoms with E-state index in [0.29, 0.717) is 0 Å². The van der Waals surface area contributed by atoms with Crippen LogP contribution in [0.2, 0.25) is 0 Å². The van der Waals surface area contributed by atoms with Gasteiger partial charge in [0.2, 0.25) is 5.78 Å². The van der Waals surface area contributed by atoms with Crippen molar-refractivity contribution < 1.29 is 22.8 Å². The summed E-state index contributed by atoms with van der Waals surface area (Å²) in [5, 5.41) is 0. The summed E-state index contributed by atoms with van der Waals surface area (Å²) in [5.74, 6) is -2.79. The smallest absolute Gasteiger partial charge is 0.294 e. The van der Waals surface area contributed by atoms with Gasteiger partial charge in [0.05, 0.1) is 6.42 Å². The van der Waals surface area contributed by atoms with E-state index in [4.69, 9.17) is 0 Å². The van der Waals surface area contributed by atoms with Crippen LogP contribution in [0.25, 0.3) is 0 Å². The highest BCUT2D eigenvalue weighted by Crippen LogP contribution is 2.20. The maximum absolute atomic E-state index is 12.2. The molecular formula is C22H31F3O2.